The second kappa shape index (κ2) is 6.42. The van der Waals surface area contributed by atoms with Crippen LogP contribution < -0.4 is 0 Å². The van der Waals surface area contributed by atoms with Crippen LogP contribution in [0.1, 0.15) is 37.8 Å². The Balaban J connectivity index is 0.000000704. The Morgan fingerprint density at radius 2 is 1.45 bits per heavy atom. The first-order chi connectivity index (χ1) is 9.77. The normalized spacial score (nSPS) is 11.8. The first-order valence-electron chi connectivity index (χ1n) is 7.36. The number of aromatic nitrogens is 1. The van der Waals surface area contributed by atoms with E-state index >= 15 is 0 Å². The Labute approximate surface area is 121 Å². The van der Waals surface area contributed by atoms with Gasteiger partial charge in [-0.15, -0.1) is 0 Å². The van der Waals surface area contributed by atoms with E-state index in [1.165, 1.54) is 22.0 Å². The highest BCUT2D eigenvalue weighted by Crippen LogP contribution is 2.31. The largest absolute Gasteiger partial charge is 0.350 e. The summed E-state index contributed by atoms with van der Waals surface area (Å²) < 4.78 is 2.21. The van der Waals surface area contributed by atoms with Gasteiger partial charge in [-0.1, -0.05) is 69.3 Å². The molecule has 0 fully saturated rings. The average molecular weight is 265 g/mol. The van der Waals surface area contributed by atoms with Crippen LogP contribution in [0.15, 0.2) is 60.8 Å². The van der Waals surface area contributed by atoms with Gasteiger partial charge in [0, 0.05) is 30.1 Å². The van der Waals surface area contributed by atoms with Crippen molar-refractivity contribution < 1.29 is 0 Å². The molecule has 1 heteroatoms. The van der Waals surface area contributed by atoms with E-state index < -0.39 is 0 Å². The molecule has 0 saturated carbocycles. The number of nitrogens with zero attached hydrogens (tertiary/aromatic N) is 1. The van der Waals surface area contributed by atoms with Gasteiger partial charge in [-0.05, 0) is 17.2 Å². The minimum Gasteiger partial charge on any atom is -0.350 e. The lowest BCUT2D eigenvalue weighted by Crippen LogP contribution is -1.94. The van der Waals surface area contributed by atoms with Crippen molar-refractivity contribution in [2.75, 3.05) is 0 Å². The van der Waals surface area contributed by atoms with Crippen molar-refractivity contribution in [2.24, 2.45) is 7.05 Å². The molecule has 3 rings (SSSR count). The molecule has 1 aromatic heterocycles. The molecule has 0 spiro atoms. The van der Waals surface area contributed by atoms with E-state index in [2.05, 4.69) is 79.3 Å². The average Bonchev–Trinajstić information content (AvgIpc) is 2.87. The third-order valence-corrected chi connectivity index (χ3v) is 3.69. The maximum atomic E-state index is 2.27. The minimum atomic E-state index is 0.428. The molecule has 0 bridgehead atoms. The Kier molecular flexibility index (Phi) is 4.62. The summed E-state index contributed by atoms with van der Waals surface area (Å²) in [5, 5.41) is 1.36. The quantitative estimate of drug-likeness (QED) is 0.588. The fourth-order valence-electron chi connectivity index (χ4n) is 2.64. The first kappa shape index (κ1) is 14.4. The zero-order chi connectivity index (χ0) is 14.5. The van der Waals surface area contributed by atoms with Crippen molar-refractivity contribution >= 4 is 10.9 Å². The van der Waals surface area contributed by atoms with Crippen molar-refractivity contribution in [1.82, 2.24) is 4.57 Å². The second-order valence-electron chi connectivity index (χ2n) is 4.84. The van der Waals surface area contributed by atoms with Crippen molar-refractivity contribution in [2.45, 2.75) is 26.7 Å². The number of para-hydroxylation sites is 1. The summed E-state index contributed by atoms with van der Waals surface area (Å²) in [7, 11) is 2.11. The highest BCUT2D eigenvalue weighted by molar-refractivity contribution is 5.84. The van der Waals surface area contributed by atoms with Crippen LogP contribution in [0.5, 0.6) is 0 Å². The highest BCUT2D eigenvalue weighted by atomic mass is 14.9. The van der Waals surface area contributed by atoms with Gasteiger partial charge in [-0.25, -0.2) is 0 Å². The van der Waals surface area contributed by atoms with Crippen LogP contribution >= 0.6 is 0 Å². The van der Waals surface area contributed by atoms with Gasteiger partial charge in [0.2, 0.25) is 0 Å². The number of benzene rings is 2. The topological polar surface area (TPSA) is 4.93 Å². The summed E-state index contributed by atoms with van der Waals surface area (Å²) in [4.78, 5) is 0. The van der Waals surface area contributed by atoms with Gasteiger partial charge in [0.05, 0.1) is 0 Å². The summed E-state index contributed by atoms with van der Waals surface area (Å²) >= 11 is 0. The summed E-state index contributed by atoms with van der Waals surface area (Å²) in [5.74, 6) is 0.428. The van der Waals surface area contributed by atoms with E-state index in [0.717, 1.165) is 0 Å². The van der Waals surface area contributed by atoms with Gasteiger partial charge < -0.3 is 4.57 Å². The molecule has 2 aromatic carbocycles. The predicted molar refractivity (Wildman–Crippen MR) is 88.2 cm³/mol. The number of hydrogen-bond donors (Lipinski definition) is 0. The van der Waals surface area contributed by atoms with Crippen LogP contribution in [0.4, 0.5) is 0 Å². The fraction of sp³-hybridized carbons (Fsp3) is 0.263. The molecule has 0 amide bonds. The molecule has 20 heavy (non-hydrogen) atoms. The van der Waals surface area contributed by atoms with Crippen LogP contribution in [0.3, 0.4) is 0 Å². The molecule has 3 aromatic rings. The minimum absolute atomic E-state index is 0.428. The Morgan fingerprint density at radius 3 is 2.15 bits per heavy atom. The number of fused-ring (bicyclic) bond motifs is 1. The van der Waals surface area contributed by atoms with E-state index in [1.807, 2.05) is 13.8 Å². The van der Waals surface area contributed by atoms with E-state index in [0.29, 0.717) is 5.92 Å². The van der Waals surface area contributed by atoms with Gasteiger partial charge in [-0.3, -0.25) is 0 Å². The molecule has 0 aliphatic heterocycles. The monoisotopic (exact) mass is 265 g/mol. The second-order valence-corrected chi connectivity index (χ2v) is 4.84. The number of rotatable bonds is 2. The molecule has 1 heterocycles. The van der Waals surface area contributed by atoms with Crippen LogP contribution in [0.25, 0.3) is 10.9 Å². The molecule has 1 atom stereocenters. The molecule has 0 aliphatic rings. The summed E-state index contributed by atoms with van der Waals surface area (Å²) in [6.45, 7) is 6.27. The van der Waals surface area contributed by atoms with E-state index in [4.69, 9.17) is 0 Å². The zero-order valence-corrected chi connectivity index (χ0v) is 12.8. The maximum absolute atomic E-state index is 2.27. The van der Waals surface area contributed by atoms with Crippen molar-refractivity contribution in [3.8, 4) is 0 Å². The van der Waals surface area contributed by atoms with Crippen molar-refractivity contribution in [3.05, 3.63) is 71.9 Å². The molecule has 104 valence electrons. The lowest BCUT2D eigenvalue weighted by atomic mass is 9.93. The molecular formula is C19H23N. The lowest BCUT2D eigenvalue weighted by molar-refractivity contribution is 0.899. The van der Waals surface area contributed by atoms with Gasteiger partial charge in [-0.2, -0.15) is 0 Å². The van der Waals surface area contributed by atoms with E-state index in [9.17, 15) is 0 Å². The zero-order valence-electron chi connectivity index (χ0n) is 12.8. The number of hydrogen-bond acceptors (Lipinski definition) is 0. The fourth-order valence-corrected chi connectivity index (χ4v) is 2.64. The summed E-state index contributed by atoms with van der Waals surface area (Å²) in [6.07, 6.45) is 2.25. The molecule has 1 unspecified atom stereocenters. The van der Waals surface area contributed by atoms with E-state index in [-0.39, 0.29) is 0 Å². The molecule has 0 radical (unpaired) electrons. The molecular weight excluding hydrogens is 242 g/mol. The Bertz CT molecular complexity index is 665. The Hall–Kier alpha value is -2.02. The smallest absolute Gasteiger partial charge is 0.0480 e. The summed E-state index contributed by atoms with van der Waals surface area (Å²) in [6, 6.07) is 19.3. The first-order valence-corrected chi connectivity index (χ1v) is 7.36. The van der Waals surface area contributed by atoms with Gasteiger partial charge in [0.25, 0.3) is 0 Å². The van der Waals surface area contributed by atoms with Gasteiger partial charge in [0.1, 0.15) is 0 Å². The maximum Gasteiger partial charge on any atom is 0.0480 e. The predicted octanol–water partition coefficient (Wildman–Crippen LogP) is 5.36. The third-order valence-electron chi connectivity index (χ3n) is 3.69. The van der Waals surface area contributed by atoms with Crippen LogP contribution in [-0.2, 0) is 7.05 Å². The summed E-state index contributed by atoms with van der Waals surface area (Å²) in [5.41, 5.74) is 4.07. The van der Waals surface area contributed by atoms with Crippen LogP contribution in [-0.4, -0.2) is 4.57 Å². The van der Waals surface area contributed by atoms with Crippen molar-refractivity contribution in [1.29, 1.82) is 0 Å². The molecule has 1 nitrogen and oxygen atoms in total. The Morgan fingerprint density at radius 1 is 0.850 bits per heavy atom. The molecule has 0 saturated heterocycles. The standard InChI is InChI=1S/C17H17N.C2H6/c1-13(14-8-4-3-5-9-14)16-12-18(2)17-11-7-6-10-15(16)17;1-2/h3-13H,1-2H3;1-2H3. The van der Waals surface area contributed by atoms with Crippen LogP contribution in [0, 0.1) is 0 Å². The molecule has 0 aliphatic carbocycles. The lowest BCUT2D eigenvalue weighted by Gasteiger charge is -2.10. The SMILES string of the molecule is CC.CC(c1ccccc1)c1cn(C)c2ccccc12. The van der Waals surface area contributed by atoms with E-state index in [1.54, 1.807) is 0 Å². The number of aryl methyl sites for hydroxylation is 1. The highest BCUT2D eigenvalue weighted by Gasteiger charge is 2.13. The van der Waals surface area contributed by atoms with Crippen molar-refractivity contribution in [3.63, 3.8) is 0 Å². The third kappa shape index (κ3) is 2.62. The molecule has 0 N–H and O–H groups in total. The van der Waals surface area contributed by atoms with Gasteiger partial charge in [0.15, 0.2) is 0 Å². The van der Waals surface area contributed by atoms with Crippen LogP contribution in [0.2, 0.25) is 0 Å². The van der Waals surface area contributed by atoms with Gasteiger partial charge >= 0.3 is 0 Å².